The predicted octanol–water partition coefficient (Wildman–Crippen LogP) is 2.95. The lowest BCUT2D eigenvalue weighted by Gasteiger charge is -2.15. The summed E-state index contributed by atoms with van der Waals surface area (Å²) in [6, 6.07) is 7.35. The first kappa shape index (κ1) is 13.7. The second-order valence-electron chi connectivity index (χ2n) is 4.00. The van der Waals surface area contributed by atoms with Gasteiger partial charge in [-0.1, -0.05) is 6.08 Å². The number of hydrogen-bond donors (Lipinski definition) is 0. The molecule has 0 aliphatic carbocycles. The second-order valence-corrected chi connectivity index (χ2v) is 4.88. The van der Waals surface area contributed by atoms with Gasteiger partial charge in [-0.3, -0.25) is 9.69 Å². The summed E-state index contributed by atoms with van der Waals surface area (Å²) in [6.45, 7) is 2.50. The summed E-state index contributed by atoms with van der Waals surface area (Å²) >= 11 is 1.62. The molecule has 1 saturated heterocycles. The number of nitrogens with zero attached hydrogens (tertiary/aromatic N) is 1. The van der Waals surface area contributed by atoms with Gasteiger partial charge in [0.15, 0.2) is 0 Å². The minimum atomic E-state index is -0.456. The smallest absolute Gasteiger partial charge is 0.414 e. The van der Waals surface area contributed by atoms with E-state index in [0.29, 0.717) is 24.4 Å². The fourth-order valence-corrected chi connectivity index (χ4v) is 2.32. The summed E-state index contributed by atoms with van der Waals surface area (Å²) in [5.74, 6) is -0.158. The van der Waals surface area contributed by atoms with Crippen molar-refractivity contribution in [3.8, 4) is 0 Å². The van der Waals surface area contributed by atoms with Crippen LogP contribution in [0.2, 0.25) is 0 Å². The number of ketones is 1. The van der Waals surface area contributed by atoms with Crippen molar-refractivity contribution in [2.75, 3.05) is 19.4 Å². The van der Waals surface area contributed by atoms with E-state index in [1.807, 2.05) is 18.4 Å². The number of carbonyl (C=O) groups excluding carboxylic acids is 2. The van der Waals surface area contributed by atoms with Gasteiger partial charge >= 0.3 is 6.09 Å². The number of amides is 1. The van der Waals surface area contributed by atoms with Crippen LogP contribution < -0.4 is 0 Å². The maximum Gasteiger partial charge on any atom is 0.414 e. The first-order valence-electron chi connectivity index (χ1n) is 5.96. The summed E-state index contributed by atoms with van der Waals surface area (Å²) in [7, 11) is 0. The molecule has 19 heavy (non-hydrogen) atoms. The van der Waals surface area contributed by atoms with Crippen molar-refractivity contribution in [1.82, 2.24) is 4.90 Å². The third kappa shape index (κ3) is 2.81. The monoisotopic (exact) mass is 277 g/mol. The molecule has 4 nitrogen and oxygen atoms in total. The second kappa shape index (κ2) is 5.93. The average molecular weight is 277 g/mol. The van der Waals surface area contributed by atoms with Crippen molar-refractivity contribution in [1.29, 1.82) is 0 Å². The molecule has 1 aliphatic heterocycles. The SMILES string of the molecule is C/C=C(/C(=O)c1ccc(SC)cc1)N1CCOC1=O. The van der Waals surface area contributed by atoms with Crippen molar-refractivity contribution >= 4 is 23.6 Å². The van der Waals surface area contributed by atoms with Gasteiger partial charge in [-0.25, -0.2) is 4.79 Å². The molecule has 0 bridgehead atoms. The van der Waals surface area contributed by atoms with Crippen LogP contribution in [0.5, 0.6) is 0 Å². The highest BCUT2D eigenvalue weighted by atomic mass is 32.2. The van der Waals surface area contributed by atoms with Gasteiger partial charge in [0, 0.05) is 10.5 Å². The van der Waals surface area contributed by atoms with Crippen LogP contribution in [-0.2, 0) is 4.74 Å². The molecule has 1 fully saturated rings. The summed E-state index contributed by atoms with van der Waals surface area (Å²) in [4.78, 5) is 26.4. The third-order valence-electron chi connectivity index (χ3n) is 2.91. The molecule has 5 heteroatoms. The predicted molar refractivity (Wildman–Crippen MR) is 74.4 cm³/mol. The Morgan fingerprint density at radius 3 is 2.53 bits per heavy atom. The van der Waals surface area contributed by atoms with Crippen molar-refractivity contribution in [3.05, 3.63) is 41.6 Å². The molecule has 0 N–H and O–H groups in total. The molecule has 1 amide bonds. The summed E-state index contributed by atoms with van der Waals surface area (Å²) in [5, 5.41) is 0. The van der Waals surface area contributed by atoms with Crippen LogP contribution in [0.25, 0.3) is 0 Å². The molecule has 1 aliphatic rings. The van der Waals surface area contributed by atoms with E-state index in [-0.39, 0.29) is 5.78 Å². The molecule has 1 heterocycles. The van der Waals surface area contributed by atoms with E-state index in [1.165, 1.54) is 4.90 Å². The number of rotatable bonds is 4. The van der Waals surface area contributed by atoms with Crippen molar-refractivity contribution < 1.29 is 14.3 Å². The molecule has 0 saturated carbocycles. The molecular weight excluding hydrogens is 262 g/mol. The molecule has 0 radical (unpaired) electrons. The van der Waals surface area contributed by atoms with Crippen LogP contribution in [0.4, 0.5) is 4.79 Å². The Balaban J connectivity index is 2.23. The fourth-order valence-electron chi connectivity index (χ4n) is 1.91. The summed E-state index contributed by atoms with van der Waals surface area (Å²) < 4.78 is 4.86. The quantitative estimate of drug-likeness (QED) is 0.482. The van der Waals surface area contributed by atoms with Crippen molar-refractivity contribution in [3.63, 3.8) is 0 Å². The van der Waals surface area contributed by atoms with Gasteiger partial charge in [-0.05, 0) is 37.4 Å². The van der Waals surface area contributed by atoms with Gasteiger partial charge < -0.3 is 4.74 Å². The minimum Gasteiger partial charge on any atom is -0.447 e. The van der Waals surface area contributed by atoms with Crippen LogP contribution in [0, 0.1) is 0 Å². The molecule has 1 aromatic rings. The molecule has 0 unspecified atom stereocenters. The number of benzene rings is 1. The molecule has 100 valence electrons. The summed E-state index contributed by atoms with van der Waals surface area (Å²) in [5.41, 5.74) is 0.949. The topological polar surface area (TPSA) is 46.6 Å². The van der Waals surface area contributed by atoms with E-state index in [9.17, 15) is 9.59 Å². The first-order chi connectivity index (χ1) is 9.17. The normalized spacial score (nSPS) is 15.6. The molecule has 0 aromatic heterocycles. The number of Topliss-reactive ketones (excluding diaryl/α,β-unsaturated/α-hetero) is 1. The minimum absolute atomic E-state index is 0.158. The Morgan fingerprint density at radius 1 is 1.37 bits per heavy atom. The Bertz CT molecular complexity index is 522. The molecule has 0 atom stereocenters. The van der Waals surface area contributed by atoms with Gasteiger partial charge in [0.2, 0.25) is 5.78 Å². The summed E-state index contributed by atoms with van der Waals surface area (Å²) in [6.07, 6.45) is 3.17. The first-order valence-corrected chi connectivity index (χ1v) is 7.19. The molecule has 2 rings (SSSR count). The van der Waals surface area contributed by atoms with Crippen LogP contribution in [0.15, 0.2) is 40.9 Å². The number of ether oxygens (including phenoxy) is 1. The zero-order chi connectivity index (χ0) is 13.8. The van der Waals surface area contributed by atoms with Crippen LogP contribution in [0.1, 0.15) is 17.3 Å². The lowest BCUT2D eigenvalue weighted by molar-refractivity contribution is 0.0995. The highest BCUT2D eigenvalue weighted by Gasteiger charge is 2.29. The van der Waals surface area contributed by atoms with Gasteiger partial charge in [-0.15, -0.1) is 11.8 Å². The highest BCUT2D eigenvalue weighted by Crippen LogP contribution is 2.20. The van der Waals surface area contributed by atoms with Gasteiger partial charge in [0.05, 0.1) is 12.2 Å². The number of cyclic esters (lactones) is 1. The van der Waals surface area contributed by atoms with Crippen LogP contribution in [-0.4, -0.2) is 36.2 Å². The van der Waals surface area contributed by atoms with E-state index in [4.69, 9.17) is 4.74 Å². The largest absolute Gasteiger partial charge is 0.447 e. The lowest BCUT2D eigenvalue weighted by atomic mass is 10.1. The zero-order valence-corrected chi connectivity index (χ0v) is 11.7. The molecule has 1 aromatic carbocycles. The Morgan fingerprint density at radius 2 is 2.05 bits per heavy atom. The molecular formula is C14H15NO3S. The van der Waals surface area contributed by atoms with Crippen molar-refractivity contribution in [2.45, 2.75) is 11.8 Å². The Labute approximate surface area is 116 Å². The van der Waals surface area contributed by atoms with E-state index in [0.717, 1.165) is 4.90 Å². The van der Waals surface area contributed by atoms with Gasteiger partial charge in [0.25, 0.3) is 0 Å². The van der Waals surface area contributed by atoms with E-state index in [2.05, 4.69) is 0 Å². The average Bonchev–Trinajstić information content (AvgIpc) is 2.86. The molecule has 0 spiro atoms. The van der Waals surface area contributed by atoms with E-state index < -0.39 is 6.09 Å². The van der Waals surface area contributed by atoms with E-state index in [1.54, 1.807) is 36.9 Å². The standard InChI is InChI=1S/C14H15NO3S/c1-3-12(15-8-9-18-14(15)17)13(16)10-4-6-11(19-2)7-5-10/h3-7H,8-9H2,1-2H3/b12-3-. The number of carbonyl (C=O) groups is 2. The van der Waals surface area contributed by atoms with Gasteiger partial charge in [-0.2, -0.15) is 0 Å². The van der Waals surface area contributed by atoms with Gasteiger partial charge in [0.1, 0.15) is 6.61 Å². The zero-order valence-electron chi connectivity index (χ0n) is 10.9. The maximum atomic E-state index is 12.4. The number of allylic oxidation sites excluding steroid dienone is 2. The van der Waals surface area contributed by atoms with Crippen LogP contribution >= 0.6 is 11.8 Å². The lowest BCUT2D eigenvalue weighted by Crippen LogP contribution is -2.28. The number of hydrogen-bond acceptors (Lipinski definition) is 4. The van der Waals surface area contributed by atoms with Crippen molar-refractivity contribution in [2.24, 2.45) is 0 Å². The van der Waals surface area contributed by atoms with E-state index >= 15 is 0 Å². The number of thioether (sulfide) groups is 1. The Hall–Kier alpha value is -1.75. The maximum absolute atomic E-state index is 12.4. The highest BCUT2D eigenvalue weighted by molar-refractivity contribution is 7.98. The van der Waals surface area contributed by atoms with Crippen LogP contribution in [0.3, 0.4) is 0 Å². The third-order valence-corrected chi connectivity index (χ3v) is 3.65. The fraction of sp³-hybridized carbons (Fsp3) is 0.286. The Kier molecular flexibility index (Phi) is 4.27.